The van der Waals surface area contributed by atoms with Crippen LogP contribution in [-0.4, -0.2) is 28.8 Å². The summed E-state index contributed by atoms with van der Waals surface area (Å²) in [5.41, 5.74) is 0.588. The summed E-state index contributed by atoms with van der Waals surface area (Å²) in [6.45, 7) is 1.87. The van der Waals surface area contributed by atoms with Crippen LogP contribution >= 0.6 is 15.9 Å². The number of para-hydroxylation sites is 1. The first-order chi connectivity index (χ1) is 11.8. The molecule has 0 radical (unpaired) electrons. The molecule has 0 aromatic heterocycles. The van der Waals surface area contributed by atoms with E-state index in [1.807, 2.05) is 0 Å². The summed E-state index contributed by atoms with van der Waals surface area (Å²) in [7, 11) is 1.68. The van der Waals surface area contributed by atoms with E-state index in [0.29, 0.717) is 10.0 Å². The highest BCUT2D eigenvalue weighted by Crippen LogP contribution is 2.22. The minimum Gasteiger partial charge on any atom is -0.322 e. The third kappa shape index (κ3) is 4.83. The van der Waals surface area contributed by atoms with Crippen molar-refractivity contribution in [3.63, 3.8) is 0 Å². The number of nitrogens with one attached hydrogen (secondary N) is 1. The molecule has 1 N–H and O–H groups in total. The van der Waals surface area contributed by atoms with Gasteiger partial charge in [0.1, 0.15) is 5.82 Å². The van der Waals surface area contributed by atoms with Crippen LogP contribution in [0.5, 0.6) is 0 Å². The van der Waals surface area contributed by atoms with Crippen LogP contribution in [0.3, 0.4) is 0 Å². The van der Waals surface area contributed by atoms with E-state index in [4.69, 9.17) is 0 Å². The van der Waals surface area contributed by atoms with Gasteiger partial charge < -0.3 is 5.32 Å². The number of carbonyl (C=O) groups excluding carboxylic acids is 1. The Morgan fingerprint density at radius 3 is 2.68 bits per heavy atom. The van der Waals surface area contributed by atoms with Crippen molar-refractivity contribution in [1.82, 2.24) is 4.90 Å². The van der Waals surface area contributed by atoms with Crippen molar-refractivity contribution in [2.45, 2.75) is 19.5 Å². The smallest absolute Gasteiger partial charge is 0.273 e. The molecule has 2 rings (SSSR count). The van der Waals surface area contributed by atoms with E-state index in [0.717, 1.165) is 0 Å². The van der Waals surface area contributed by atoms with Gasteiger partial charge in [-0.1, -0.05) is 34.1 Å². The van der Waals surface area contributed by atoms with Crippen molar-refractivity contribution in [3.8, 4) is 0 Å². The molecular formula is C17H17BrFN3O3. The Bertz CT molecular complexity index is 800. The Labute approximate surface area is 152 Å². The molecule has 8 heteroatoms. The van der Waals surface area contributed by atoms with Gasteiger partial charge in [-0.15, -0.1) is 0 Å². The summed E-state index contributed by atoms with van der Waals surface area (Å²) in [6.07, 6.45) is 0. The average molecular weight is 410 g/mol. The van der Waals surface area contributed by atoms with E-state index in [1.165, 1.54) is 18.2 Å². The van der Waals surface area contributed by atoms with Gasteiger partial charge in [0.2, 0.25) is 5.91 Å². The molecule has 1 unspecified atom stereocenters. The summed E-state index contributed by atoms with van der Waals surface area (Å²) < 4.78 is 14.4. The molecule has 0 aliphatic carbocycles. The molecule has 0 fully saturated rings. The summed E-state index contributed by atoms with van der Waals surface area (Å²) in [5, 5.41) is 13.6. The van der Waals surface area contributed by atoms with Crippen LogP contribution in [0.15, 0.2) is 46.9 Å². The molecule has 2 aromatic rings. The van der Waals surface area contributed by atoms with Crippen molar-refractivity contribution in [3.05, 3.63) is 68.4 Å². The van der Waals surface area contributed by atoms with Gasteiger partial charge in [0.25, 0.3) is 5.69 Å². The molecule has 2 aromatic carbocycles. The number of amides is 1. The van der Waals surface area contributed by atoms with Crippen molar-refractivity contribution in [2.24, 2.45) is 0 Å². The Morgan fingerprint density at radius 2 is 2.04 bits per heavy atom. The Kier molecular flexibility index (Phi) is 6.22. The number of anilines is 1. The lowest BCUT2D eigenvalue weighted by atomic mass is 10.1. The number of carbonyl (C=O) groups is 1. The summed E-state index contributed by atoms with van der Waals surface area (Å²) >= 11 is 3.15. The van der Waals surface area contributed by atoms with Crippen LogP contribution in [0.25, 0.3) is 0 Å². The standard InChI is InChI=1S/C17H17BrFN3O3/c1-11(17(23)20-15-8-7-13(18)9-14(15)19)21(2)10-12-5-3-4-6-16(12)22(24)25/h3-9,11H,10H2,1-2H3,(H,20,23). The molecule has 25 heavy (non-hydrogen) atoms. The normalized spacial score (nSPS) is 12.0. The minimum absolute atomic E-state index is 0.000845. The van der Waals surface area contributed by atoms with Crippen LogP contribution in [0.4, 0.5) is 15.8 Å². The highest BCUT2D eigenvalue weighted by Gasteiger charge is 2.22. The van der Waals surface area contributed by atoms with E-state index in [1.54, 1.807) is 43.1 Å². The van der Waals surface area contributed by atoms with Gasteiger partial charge in [0.05, 0.1) is 16.7 Å². The van der Waals surface area contributed by atoms with E-state index < -0.39 is 22.7 Å². The Morgan fingerprint density at radius 1 is 1.36 bits per heavy atom. The third-order valence-corrected chi connectivity index (χ3v) is 4.33. The van der Waals surface area contributed by atoms with Crippen LogP contribution in [-0.2, 0) is 11.3 Å². The molecule has 0 heterocycles. The highest BCUT2D eigenvalue weighted by molar-refractivity contribution is 9.10. The topological polar surface area (TPSA) is 75.5 Å². The molecule has 0 saturated heterocycles. The van der Waals surface area contributed by atoms with Gasteiger partial charge in [0.15, 0.2) is 0 Å². The lowest BCUT2D eigenvalue weighted by Gasteiger charge is -2.24. The third-order valence-electron chi connectivity index (χ3n) is 3.84. The first-order valence-electron chi connectivity index (χ1n) is 7.48. The minimum atomic E-state index is -0.608. The number of nitrogens with zero attached hydrogens (tertiary/aromatic N) is 2. The van der Waals surface area contributed by atoms with Gasteiger partial charge in [-0.25, -0.2) is 4.39 Å². The molecule has 1 atom stereocenters. The summed E-state index contributed by atoms with van der Waals surface area (Å²) in [6, 6.07) is 10.1. The van der Waals surface area contributed by atoms with E-state index in [2.05, 4.69) is 21.2 Å². The van der Waals surface area contributed by atoms with E-state index in [9.17, 15) is 19.3 Å². The predicted molar refractivity (Wildman–Crippen MR) is 96.8 cm³/mol. The predicted octanol–water partition coefficient (Wildman–Crippen LogP) is 3.96. The molecule has 132 valence electrons. The molecule has 0 saturated carbocycles. The van der Waals surface area contributed by atoms with E-state index >= 15 is 0 Å². The zero-order chi connectivity index (χ0) is 18.6. The monoisotopic (exact) mass is 409 g/mol. The number of nitro groups is 1. The maximum Gasteiger partial charge on any atom is 0.273 e. The number of rotatable bonds is 6. The number of nitro benzene ring substituents is 1. The van der Waals surface area contributed by atoms with Crippen molar-refractivity contribution in [2.75, 3.05) is 12.4 Å². The molecule has 0 bridgehead atoms. The van der Waals surface area contributed by atoms with Crippen LogP contribution < -0.4 is 5.32 Å². The Hall–Kier alpha value is -2.32. The van der Waals surface area contributed by atoms with Crippen molar-refractivity contribution < 1.29 is 14.1 Å². The lowest BCUT2D eigenvalue weighted by Crippen LogP contribution is -2.39. The largest absolute Gasteiger partial charge is 0.322 e. The quantitative estimate of drug-likeness (QED) is 0.578. The van der Waals surface area contributed by atoms with Gasteiger partial charge in [0, 0.05) is 22.6 Å². The number of likely N-dealkylation sites (N-methyl/N-ethyl adjacent to an activating group) is 1. The van der Waals surface area contributed by atoms with Crippen molar-refractivity contribution >= 4 is 33.2 Å². The van der Waals surface area contributed by atoms with Gasteiger partial charge in [-0.3, -0.25) is 19.8 Å². The van der Waals surface area contributed by atoms with E-state index in [-0.39, 0.29) is 17.9 Å². The summed E-state index contributed by atoms with van der Waals surface area (Å²) in [5.74, 6) is -0.946. The van der Waals surface area contributed by atoms with Crippen molar-refractivity contribution in [1.29, 1.82) is 0 Å². The second-order valence-corrected chi connectivity index (χ2v) is 6.51. The fourth-order valence-electron chi connectivity index (χ4n) is 2.26. The maximum atomic E-state index is 13.8. The first kappa shape index (κ1) is 19.0. The Balaban J connectivity index is 2.08. The SMILES string of the molecule is CC(C(=O)Nc1ccc(Br)cc1F)N(C)Cc1ccccc1[N+](=O)[O-]. The van der Waals surface area contributed by atoms with Crippen LogP contribution in [0.1, 0.15) is 12.5 Å². The highest BCUT2D eigenvalue weighted by atomic mass is 79.9. The number of hydrogen-bond donors (Lipinski definition) is 1. The molecule has 0 aliphatic heterocycles. The fraction of sp³-hybridized carbons (Fsp3) is 0.235. The molecule has 6 nitrogen and oxygen atoms in total. The molecular weight excluding hydrogens is 393 g/mol. The number of benzene rings is 2. The second kappa shape index (κ2) is 8.17. The van der Waals surface area contributed by atoms with Crippen LogP contribution in [0.2, 0.25) is 0 Å². The number of halogens is 2. The molecule has 0 spiro atoms. The van der Waals surface area contributed by atoms with Crippen LogP contribution in [0, 0.1) is 15.9 Å². The second-order valence-electron chi connectivity index (χ2n) is 5.59. The maximum absolute atomic E-state index is 13.8. The zero-order valence-corrected chi connectivity index (χ0v) is 15.3. The first-order valence-corrected chi connectivity index (χ1v) is 8.27. The van der Waals surface area contributed by atoms with Gasteiger partial charge in [-0.2, -0.15) is 0 Å². The number of hydrogen-bond acceptors (Lipinski definition) is 4. The zero-order valence-electron chi connectivity index (χ0n) is 13.7. The summed E-state index contributed by atoms with van der Waals surface area (Å²) in [4.78, 5) is 24.6. The fourth-order valence-corrected chi connectivity index (χ4v) is 2.59. The average Bonchev–Trinajstić information content (AvgIpc) is 2.56. The molecule has 0 aliphatic rings. The lowest BCUT2D eigenvalue weighted by molar-refractivity contribution is -0.385. The molecule has 1 amide bonds. The van der Waals surface area contributed by atoms with Gasteiger partial charge in [-0.05, 0) is 32.2 Å². The van der Waals surface area contributed by atoms with Gasteiger partial charge >= 0.3 is 0 Å².